The van der Waals surface area contributed by atoms with Crippen molar-refractivity contribution in [1.82, 2.24) is 0 Å². The summed E-state index contributed by atoms with van der Waals surface area (Å²) in [4.78, 5) is 0. The third-order valence-corrected chi connectivity index (χ3v) is 3.44. The first kappa shape index (κ1) is 10.6. The van der Waals surface area contributed by atoms with E-state index in [0.717, 1.165) is 10.8 Å². The molecule has 0 aliphatic heterocycles. The predicted octanol–water partition coefficient (Wildman–Crippen LogP) is 4.22. The summed E-state index contributed by atoms with van der Waals surface area (Å²) in [6, 6.07) is 10.4. The minimum atomic E-state index is -3.35. The van der Waals surface area contributed by atoms with Crippen LogP contribution in [-0.4, -0.2) is 6.17 Å². The lowest BCUT2D eigenvalue weighted by molar-refractivity contribution is -0.0878. The van der Waals surface area contributed by atoms with Crippen LogP contribution in [-0.2, 0) is 12.3 Å². The molecule has 1 aliphatic carbocycles. The fourth-order valence-electron chi connectivity index (χ4n) is 2.54. The molecule has 17 heavy (non-hydrogen) atoms. The van der Waals surface area contributed by atoms with Gasteiger partial charge in [0.2, 0.25) is 0 Å². The molecule has 0 amide bonds. The molecule has 0 saturated carbocycles. The summed E-state index contributed by atoms with van der Waals surface area (Å²) in [6.07, 6.45) is -1.78. The molecule has 0 bridgehead atoms. The number of halogens is 3. The molecule has 0 saturated heterocycles. The van der Waals surface area contributed by atoms with Gasteiger partial charge in [-0.1, -0.05) is 36.4 Å². The van der Waals surface area contributed by atoms with Crippen LogP contribution in [0.2, 0.25) is 0 Å². The first-order valence-electron chi connectivity index (χ1n) is 5.63. The second-order valence-electron chi connectivity index (χ2n) is 4.44. The molecule has 0 radical (unpaired) electrons. The van der Waals surface area contributed by atoms with Crippen molar-refractivity contribution in [3.05, 3.63) is 47.5 Å². The summed E-state index contributed by atoms with van der Waals surface area (Å²) in [5.41, 5.74) is 0.456. The van der Waals surface area contributed by atoms with Gasteiger partial charge < -0.3 is 0 Å². The third kappa shape index (κ3) is 1.45. The monoisotopic (exact) mass is 236 g/mol. The zero-order valence-corrected chi connectivity index (χ0v) is 9.09. The third-order valence-electron chi connectivity index (χ3n) is 3.44. The highest BCUT2D eigenvalue weighted by Gasteiger charge is 2.46. The molecule has 2 aromatic carbocycles. The van der Waals surface area contributed by atoms with E-state index in [1.165, 1.54) is 6.07 Å². The molecule has 0 nitrogen and oxygen atoms in total. The Bertz CT molecular complexity index is 575. The SMILES string of the molecule is FC1CCc2c(ccc3ccccc23)C1(F)F. The number of rotatable bonds is 0. The Morgan fingerprint density at radius 3 is 2.65 bits per heavy atom. The van der Waals surface area contributed by atoms with Crippen LogP contribution >= 0.6 is 0 Å². The Kier molecular flexibility index (Phi) is 2.18. The van der Waals surface area contributed by atoms with Crippen LogP contribution in [0, 0.1) is 0 Å². The maximum atomic E-state index is 13.7. The lowest BCUT2D eigenvalue weighted by Gasteiger charge is -2.29. The van der Waals surface area contributed by atoms with Gasteiger partial charge in [0.1, 0.15) is 0 Å². The average molecular weight is 236 g/mol. The summed E-state index contributed by atoms with van der Waals surface area (Å²) in [5, 5.41) is 1.75. The standard InChI is InChI=1S/C14H11F3/c15-13-8-6-11-10-4-2-1-3-9(10)5-7-12(11)14(13,16)17/h1-5,7,13H,6,8H2. The van der Waals surface area contributed by atoms with E-state index in [4.69, 9.17) is 0 Å². The summed E-state index contributed by atoms with van der Waals surface area (Å²) >= 11 is 0. The van der Waals surface area contributed by atoms with Crippen LogP contribution in [0.3, 0.4) is 0 Å². The first-order chi connectivity index (χ1) is 8.10. The fourth-order valence-corrected chi connectivity index (χ4v) is 2.54. The van der Waals surface area contributed by atoms with Gasteiger partial charge in [-0.3, -0.25) is 0 Å². The smallest absolute Gasteiger partial charge is 0.240 e. The maximum Gasteiger partial charge on any atom is 0.304 e. The molecular formula is C14H11F3. The molecule has 1 unspecified atom stereocenters. The minimum absolute atomic E-state index is 0.103. The Morgan fingerprint density at radius 1 is 1.06 bits per heavy atom. The zero-order valence-electron chi connectivity index (χ0n) is 9.09. The molecule has 1 atom stereocenters. The van der Waals surface area contributed by atoms with Crippen LogP contribution in [0.25, 0.3) is 10.8 Å². The first-order valence-corrected chi connectivity index (χ1v) is 5.63. The number of benzene rings is 2. The lowest BCUT2D eigenvalue weighted by Crippen LogP contribution is -2.33. The van der Waals surface area contributed by atoms with E-state index in [1.807, 2.05) is 24.3 Å². The number of fused-ring (bicyclic) bond motifs is 3. The Hall–Kier alpha value is -1.51. The van der Waals surface area contributed by atoms with Gasteiger partial charge in [0, 0.05) is 5.56 Å². The molecule has 0 heterocycles. The normalized spacial score (nSPS) is 22.4. The molecule has 3 heteroatoms. The number of hydrogen-bond donors (Lipinski definition) is 0. The van der Waals surface area contributed by atoms with Crippen molar-refractivity contribution in [3.8, 4) is 0 Å². The quantitative estimate of drug-likeness (QED) is 0.642. The molecular weight excluding hydrogens is 225 g/mol. The van der Waals surface area contributed by atoms with Crippen LogP contribution in [0.15, 0.2) is 36.4 Å². The van der Waals surface area contributed by atoms with Gasteiger partial charge in [-0.15, -0.1) is 0 Å². The number of alkyl halides is 3. The second kappa shape index (κ2) is 3.49. The van der Waals surface area contributed by atoms with Gasteiger partial charge in [-0.25, -0.2) is 4.39 Å². The van der Waals surface area contributed by atoms with Crippen LogP contribution in [0.4, 0.5) is 13.2 Å². The topological polar surface area (TPSA) is 0 Å². The minimum Gasteiger partial charge on any atom is -0.240 e. The van der Waals surface area contributed by atoms with Crippen molar-refractivity contribution in [2.75, 3.05) is 0 Å². The second-order valence-corrected chi connectivity index (χ2v) is 4.44. The van der Waals surface area contributed by atoms with Gasteiger partial charge >= 0.3 is 5.92 Å². The van der Waals surface area contributed by atoms with Gasteiger partial charge in [0.05, 0.1) is 0 Å². The van der Waals surface area contributed by atoms with Crippen molar-refractivity contribution in [1.29, 1.82) is 0 Å². The molecule has 3 rings (SSSR count). The van der Waals surface area contributed by atoms with E-state index in [1.54, 1.807) is 6.07 Å². The predicted molar refractivity (Wildman–Crippen MR) is 61.1 cm³/mol. The van der Waals surface area contributed by atoms with E-state index in [0.29, 0.717) is 12.0 Å². The Morgan fingerprint density at radius 2 is 1.82 bits per heavy atom. The van der Waals surface area contributed by atoms with Crippen LogP contribution in [0.1, 0.15) is 17.5 Å². The Labute approximate surface area is 97.1 Å². The largest absolute Gasteiger partial charge is 0.304 e. The lowest BCUT2D eigenvalue weighted by atomic mass is 9.84. The van der Waals surface area contributed by atoms with E-state index in [-0.39, 0.29) is 12.0 Å². The van der Waals surface area contributed by atoms with Gasteiger partial charge in [-0.05, 0) is 29.2 Å². The molecule has 0 fully saturated rings. The number of hydrogen-bond acceptors (Lipinski definition) is 0. The Balaban J connectivity index is 2.32. The van der Waals surface area contributed by atoms with Crippen molar-refractivity contribution < 1.29 is 13.2 Å². The summed E-state index contributed by atoms with van der Waals surface area (Å²) in [5.74, 6) is -3.35. The highest BCUT2D eigenvalue weighted by molar-refractivity contribution is 5.87. The highest BCUT2D eigenvalue weighted by atomic mass is 19.3. The van der Waals surface area contributed by atoms with Crippen molar-refractivity contribution >= 4 is 10.8 Å². The van der Waals surface area contributed by atoms with E-state index in [9.17, 15) is 13.2 Å². The molecule has 1 aliphatic rings. The zero-order chi connectivity index (χ0) is 12.0. The molecule has 0 spiro atoms. The van der Waals surface area contributed by atoms with E-state index in [2.05, 4.69) is 0 Å². The van der Waals surface area contributed by atoms with Crippen LogP contribution in [0.5, 0.6) is 0 Å². The molecule has 0 N–H and O–H groups in total. The summed E-state index contributed by atoms with van der Waals surface area (Å²) in [6.45, 7) is 0. The average Bonchev–Trinajstić information content (AvgIpc) is 2.33. The summed E-state index contributed by atoms with van der Waals surface area (Å²) in [7, 11) is 0. The highest BCUT2D eigenvalue weighted by Crippen LogP contribution is 2.44. The van der Waals surface area contributed by atoms with Gasteiger partial charge in [0.15, 0.2) is 6.17 Å². The number of aryl methyl sites for hydroxylation is 1. The van der Waals surface area contributed by atoms with Crippen LogP contribution < -0.4 is 0 Å². The van der Waals surface area contributed by atoms with Gasteiger partial charge in [0.25, 0.3) is 0 Å². The van der Waals surface area contributed by atoms with Crippen molar-refractivity contribution in [3.63, 3.8) is 0 Å². The van der Waals surface area contributed by atoms with E-state index >= 15 is 0 Å². The fraction of sp³-hybridized carbons (Fsp3) is 0.286. The van der Waals surface area contributed by atoms with Gasteiger partial charge in [-0.2, -0.15) is 8.78 Å². The van der Waals surface area contributed by atoms with E-state index < -0.39 is 12.1 Å². The molecule has 2 aromatic rings. The maximum absolute atomic E-state index is 13.7. The summed E-state index contributed by atoms with van der Waals surface area (Å²) < 4.78 is 40.8. The molecule has 88 valence electrons. The van der Waals surface area contributed by atoms with Crippen molar-refractivity contribution in [2.24, 2.45) is 0 Å². The molecule has 0 aromatic heterocycles. The van der Waals surface area contributed by atoms with Crippen molar-refractivity contribution in [2.45, 2.75) is 24.9 Å².